The van der Waals surface area contributed by atoms with Crippen LogP contribution in [0.1, 0.15) is 5.69 Å². The minimum Gasteiger partial charge on any atom is -0.497 e. The van der Waals surface area contributed by atoms with E-state index >= 15 is 0 Å². The summed E-state index contributed by atoms with van der Waals surface area (Å²) >= 11 is 11.7. The van der Waals surface area contributed by atoms with Gasteiger partial charge in [0.1, 0.15) is 5.75 Å². The lowest BCUT2D eigenvalue weighted by molar-refractivity contribution is 0.254. The summed E-state index contributed by atoms with van der Waals surface area (Å²) in [6, 6.07) is 14.6. The van der Waals surface area contributed by atoms with Gasteiger partial charge >= 0.3 is 6.03 Å². The average Bonchev–Trinajstić information content (AvgIpc) is 2.77. The largest absolute Gasteiger partial charge is 0.497 e. The summed E-state index contributed by atoms with van der Waals surface area (Å²) in [6.45, 7) is 3.30. The molecule has 0 aliphatic rings. The van der Waals surface area contributed by atoms with Crippen LogP contribution in [0.25, 0.3) is 10.9 Å². The zero-order valence-corrected chi connectivity index (χ0v) is 18.9. The van der Waals surface area contributed by atoms with Crippen LogP contribution < -0.4 is 25.8 Å². The van der Waals surface area contributed by atoms with Crippen molar-refractivity contribution in [3.63, 3.8) is 0 Å². The monoisotopic (exact) mass is 461 g/mol. The summed E-state index contributed by atoms with van der Waals surface area (Å²) in [7, 11) is 1.61. The SMILES string of the molecule is COc1ccc2nc(C)cc(NNC(=O)Nc3ccc(N(CCCl)CCCl)cc3)c2c1. The van der Waals surface area contributed by atoms with Crippen LogP contribution in [0.4, 0.5) is 21.9 Å². The van der Waals surface area contributed by atoms with Gasteiger partial charge in [-0.3, -0.25) is 15.8 Å². The molecule has 3 rings (SSSR count). The zero-order chi connectivity index (χ0) is 22.2. The molecule has 0 fully saturated rings. The van der Waals surface area contributed by atoms with Crippen molar-refractivity contribution in [1.29, 1.82) is 0 Å². The summed E-state index contributed by atoms with van der Waals surface area (Å²) in [5, 5.41) is 3.65. The smallest absolute Gasteiger partial charge is 0.337 e. The Hall–Kier alpha value is -2.90. The fraction of sp³-hybridized carbons (Fsp3) is 0.273. The Labute approximate surface area is 191 Å². The molecule has 0 atom stereocenters. The van der Waals surface area contributed by atoms with E-state index in [-0.39, 0.29) is 0 Å². The minimum absolute atomic E-state index is 0.392. The van der Waals surface area contributed by atoms with Gasteiger partial charge in [-0.1, -0.05) is 0 Å². The fourth-order valence-corrected chi connectivity index (χ4v) is 3.59. The van der Waals surface area contributed by atoms with Crippen LogP contribution in [0.2, 0.25) is 0 Å². The van der Waals surface area contributed by atoms with E-state index in [2.05, 4.69) is 26.1 Å². The van der Waals surface area contributed by atoms with E-state index in [4.69, 9.17) is 27.9 Å². The summed E-state index contributed by atoms with van der Waals surface area (Å²) < 4.78 is 5.30. The maximum Gasteiger partial charge on any atom is 0.337 e. The number of carbonyl (C=O) groups excluding carboxylic acids is 1. The first-order valence-electron chi connectivity index (χ1n) is 9.79. The Morgan fingerprint density at radius 1 is 1.06 bits per heavy atom. The molecule has 1 aromatic heterocycles. The number of aryl methyl sites for hydroxylation is 1. The standard InChI is InChI=1S/C22H25Cl2N5O2/c1-15-13-21(19-14-18(31-2)7-8-20(19)25-15)27-28-22(30)26-16-3-5-17(6-4-16)29(11-9-23)12-10-24/h3-8,13-14H,9-12H2,1-2H3,(H,25,27)(H2,26,28,30). The van der Waals surface area contributed by atoms with E-state index in [0.717, 1.165) is 28.0 Å². The van der Waals surface area contributed by atoms with Crippen LogP contribution in [0.15, 0.2) is 48.5 Å². The van der Waals surface area contributed by atoms with E-state index in [9.17, 15) is 4.79 Å². The van der Waals surface area contributed by atoms with Crippen LogP contribution in [0, 0.1) is 6.92 Å². The molecule has 0 aliphatic heterocycles. The number of carbonyl (C=O) groups is 1. The number of nitrogens with zero attached hydrogens (tertiary/aromatic N) is 2. The Morgan fingerprint density at radius 3 is 2.42 bits per heavy atom. The van der Waals surface area contributed by atoms with E-state index in [0.29, 0.717) is 36.3 Å². The highest BCUT2D eigenvalue weighted by atomic mass is 35.5. The van der Waals surface area contributed by atoms with Crippen molar-refractivity contribution in [2.75, 3.05) is 47.6 Å². The van der Waals surface area contributed by atoms with Crippen LogP contribution >= 0.6 is 23.2 Å². The maximum absolute atomic E-state index is 12.4. The second kappa shape index (κ2) is 10.9. The third kappa shape index (κ3) is 6.06. The van der Waals surface area contributed by atoms with Crippen molar-refractivity contribution in [3.05, 3.63) is 54.2 Å². The van der Waals surface area contributed by atoms with Gasteiger partial charge in [0, 0.05) is 47.3 Å². The highest BCUT2D eigenvalue weighted by Crippen LogP contribution is 2.26. The van der Waals surface area contributed by atoms with Crippen LogP contribution in [-0.2, 0) is 0 Å². The molecule has 0 bridgehead atoms. The number of ether oxygens (including phenoxy) is 1. The lowest BCUT2D eigenvalue weighted by Gasteiger charge is -2.23. The molecule has 0 aliphatic carbocycles. The number of aromatic nitrogens is 1. The summed E-state index contributed by atoms with van der Waals surface area (Å²) in [5.41, 5.74) is 9.66. The quantitative estimate of drug-likeness (QED) is 0.309. The molecule has 3 aromatic rings. The predicted octanol–water partition coefficient (Wildman–Crippen LogP) is 4.98. The van der Waals surface area contributed by atoms with Gasteiger partial charge < -0.3 is 15.0 Å². The highest BCUT2D eigenvalue weighted by molar-refractivity contribution is 6.18. The van der Waals surface area contributed by atoms with E-state index in [1.165, 1.54) is 0 Å². The number of hydrogen-bond donors (Lipinski definition) is 3. The number of alkyl halides is 2. The Bertz CT molecular complexity index is 1020. The van der Waals surface area contributed by atoms with Crippen molar-refractivity contribution in [1.82, 2.24) is 10.4 Å². The molecule has 2 aromatic carbocycles. The molecule has 0 radical (unpaired) electrons. The zero-order valence-electron chi connectivity index (χ0n) is 17.4. The molecule has 0 saturated carbocycles. The molecule has 7 nitrogen and oxygen atoms in total. The summed E-state index contributed by atoms with van der Waals surface area (Å²) in [6.07, 6.45) is 0. The first-order chi connectivity index (χ1) is 15.0. The number of nitrogens with one attached hydrogen (secondary N) is 3. The number of anilines is 3. The summed E-state index contributed by atoms with van der Waals surface area (Å²) in [5.74, 6) is 1.74. The Morgan fingerprint density at radius 2 is 1.77 bits per heavy atom. The minimum atomic E-state index is -0.392. The number of amides is 2. The first kappa shape index (κ1) is 22.8. The fourth-order valence-electron chi connectivity index (χ4n) is 3.18. The Balaban J connectivity index is 1.65. The van der Waals surface area contributed by atoms with Crippen LogP contribution in [0.5, 0.6) is 5.75 Å². The van der Waals surface area contributed by atoms with Crippen molar-refractivity contribution in [2.24, 2.45) is 0 Å². The van der Waals surface area contributed by atoms with Gasteiger partial charge in [0.15, 0.2) is 0 Å². The van der Waals surface area contributed by atoms with Crippen molar-refractivity contribution in [3.8, 4) is 5.75 Å². The molecule has 3 N–H and O–H groups in total. The van der Waals surface area contributed by atoms with Gasteiger partial charge in [0.2, 0.25) is 0 Å². The molecule has 0 spiro atoms. The first-order valence-corrected chi connectivity index (χ1v) is 10.9. The highest BCUT2D eigenvalue weighted by Gasteiger charge is 2.09. The molecule has 1 heterocycles. The second-order valence-electron chi connectivity index (χ2n) is 6.81. The van der Waals surface area contributed by atoms with E-state index in [1.54, 1.807) is 7.11 Å². The molecule has 31 heavy (non-hydrogen) atoms. The van der Waals surface area contributed by atoms with Gasteiger partial charge in [-0.25, -0.2) is 4.79 Å². The molecule has 0 saturated heterocycles. The topological polar surface area (TPSA) is 78.5 Å². The molecule has 2 amide bonds. The van der Waals surface area contributed by atoms with Gasteiger partial charge in [0.05, 0.1) is 18.3 Å². The molecule has 0 unspecified atom stereocenters. The third-order valence-electron chi connectivity index (χ3n) is 4.65. The number of hydrazine groups is 1. The number of fused-ring (bicyclic) bond motifs is 1. The molecular formula is C22H25Cl2N5O2. The van der Waals surface area contributed by atoms with Crippen molar-refractivity contribution in [2.45, 2.75) is 6.92 Å². The third-order valence-corrected chi connectivity index (χ3v) is 4.99. The van der Waals surface area contributed by atoms with E-state index < -0.39 is 6.03 Å². The number of benzene rings is 2. The van der Waals surface area contributed by atoms with Gasteiger partial charge in [-0.2, -0.15) is 0 Å². The number of halogens is 2. The number of urea groups is 1. The number of rotatable bonds is 9. The molecule has 164 valence electrons. The lowest BCUT2D eigenvalue weighted by atomic mass is 10.1. The van der Waals surface area contributed by atoms with Crippen LogP contribution in [0.3, 0.4) is 0 Å². The van der Waals surface area contributed by atoms with Crippen LogP contribution in [-0.4, -0.2) is 43.0 Å². The Kier molecular flexibility index (Phi) is 8.03. The van der Waals surface area contributed by atoms with Gasteiger partial charge in [-0.15, -0.1) is 23.2 Å². The number of pyridine rings is 1. The van der Waals surface area contributed by atoms with Gasteiger partial charge in [0.25, 0.3) is 0 Å². The maximum atomic E-state index is 12.4. The number of hydrogen-bond acceptors (Lipinski definition) is 5. The van der Waals surface area contributed by atoms with Crippen molar-refractivity contribution >= 4 is 57.2 Å². The lowest BCUT2D eigenvalue weighted by Crippen LogP contribution is -2.33. The average molecular weight is 462 g/mol. The molecule has 9 heteroatoms. The van der Waals surface area contributed by atoms with Gasteiger partial charge in [-0.05, 0) is 55.5 Å². The van der Waals surface area contributed by atoms with Crippen molar-refractivity contribution < 1.29 is 9.53 Å². The normalized spacial score (nSPS) is 10.6. The summed E-state index contributed by atoms with van der Waals surface area (Å²) in [4.78, 5) is 19.0. The van der Waals surface area contributed by atoms with E-state index in [1.807, 2.05) is 55.5 Å². The second-order valence-corrected chi connectivity index (χ2v) is 7.57. The molecular weight excluding hydrogens is 437 g/mol. The number of methoxy groups -OCH3 is 1. The predicted molar refractivity (Wildman–Crippen MR) is 129 cm³/mol.